The number of fused-ring (bicyclic) bond motifs is 2. The zero-order chi connectivity index (χ0) is 13.4. The van der Waals surface area contributed by atoms with E-state index in [1.165, 1.54) is 46.0 Å². The molecule has 0 bridgehead atoms. The molecule has 0 spiro atoms. The lowest BCUT2D eigenvalue weighted by molar-refractivity contribution is 0.831. The number of hydrogen-bond donors (Lipinski definition) is 1. The predicted molar refractivity (Wildman–Crippen MR) is 86.2 cm³/mol. The van der Waals surface area contributed by atoms with Crippen molar-refractivity contribution in [3.63, 3.8) is 0 Å². The fraction of sp³-hybridized carbons (Fsp3) is 0.158. The van der Waals surface area contributed by atoms with Crippen LogP contribution in [0, 0.1) is 0 Å². The molecule has 0 fully saturated rings. The van der Waals surface area contributed by atoms with E-state index in [-0.39, 0.29) is 0 Å². The number of aryl methyl sites for hydroxylation is 1. The predicted octanol–water partition coefficient (Wildman–Crippen LogP) is 4.86. The zero-order valence-electron chi connectivity index (χ0n) is 11.4. The molecule has 0 unspecified atom stereocenters. The highest BCUT2D eigenvalue weighted by molar-refractivity contribution is 5.90. The lowest BCUT2D eigenvalue weighted by Crippen LogP contribution is -2.12. The number of para-hydroxylation sites is 1. The Morgan fingerprint density at radius 2 is 1.70 bits per heavy atom. The standard InChI is InChI=1S/C19H17N/c1-2-6-16-13-17(11-10-14(16)5-1)18-9-3-7-15-8-4-12-20-19(15)18/h1-3,5-7,9-11,13,20H,4,8,12H2. The minimum absolute atomic E-state index is 1.08. The lowest BCUT2D eigenvalue weighted by atomic mass is 9.94. The van der Waals surface area contributed by atoms with Crippen molar-refractivity contribution in [2.75, 3.05) is 11.9 Å². The van der Waals surface area contributed by atoms with Crippen LogP contribution in [0.1, 0.15) is 12.0 Å². The van der Waals surface area contributed by atoms with E-state index in [0.29, 0.717) is 0 Å². The van der Waals surface area contributed by atoms with Crippen LogP contribution >= 0.6 is 0 Å². The topological polar surface area (TPSA) is 12.0 Å². The molecule has 20 heavy (non-hydrogen) atoms. The Kier molecular flexibility index (Phi) is 2.70. The lowest BCUT2D eigenvalue weighted by Gasteiger charge is -2.21. The van der Waals surface area contributed by atoms with Crippen LogP contribution in [0.2, 0.25) is 0 Å². The van der Waals surface area contributed by atoms with E-state index < -0.39 is 0 Å². The molecule has 3 aromatic carbocycles. The molecule has 1 aliphatic rings. The Balaban J connectivity index is 1.90. The van der Waals surface area contributed by atoms with Gasteiger partial charge >= 0.3 is 0 Å². The summed E-state index contributed by atoms with van der Waals surface area (Å²) in [6.07, 6.45) is 2.41. The van der Waals surface area contributed by atoms with Crippen LogP contribution in [0.15, 0.2) is 60.7 Å². The first-order chi connectivity index (χ1) is 9.92. The quantitative estimate of drug-likeness (QED) is 0.657. The van der Waals surface area contributed by atoms with Gasteiger partial charge in [0, 0.05) is 17.8 Å². The largest absolute Gasteiger partial charge is 0.384 e. The number of rotatable bonds is 1. The second kappa shape index (κ2) is 4.68. The highest BCUT2D eigenvalue weighted by Gasteiger charge is 2.13. The third kappa shape index (κ3) is 1.87. The van der Waals surface area contributed by atoms with Gasteiger partial charge in [-0.05, 0) is 40.8 Å². The van der Waals surface area contributed by atoms with Gasteiger partial charge in [-0.25, -0.2) is 0 Å². The van der Waals surface area contributed by atoms with Gasteiger partial charge in [0.2, 0.25) is 0 Å². The minimum Gasteiger partial charge on any atom is -0.384 e. The Bertz CT molecular complexity index is 774. The molecule has 0 radical (unpaired) electrons. The third-order valence-electron chi connectivity index (χ3n) is 4.14. The fourth-order valence-corrected chi connectivity index (χ4v) is 3.11. The average molecular weight is 259 g/mol. The van der Waals surface area contributed by atoms with Gasteiger partial charge in [0.15, 0.2) is 0 Å². The molecular weight excluding hydrogens is 242 g/mol. The summed E-state index contributed by atoms with van der Waals surface area (Å²) >= 11 is 0. The molecule has 0 saturated heterocycles. The van der Waals surface area contributed by atoms with Crippen molar-refractivity contribution in [2.45, 2.75) is 12.8 Å². The molecule has 4 rings (SSSR count). The van der Waals surface area contributed by atoms with Crippen molar-refractivity contribution < 1.29 is 0 Å². The van der Waals surface area contributed by atoms with E-state index in [9.17, 15) is 0 Å². The van der Waals surface area contributed by atoms with Gasteiger partial charge in [-0.1, -0.05) is 54.6 Å². The summed E-state index contributed by atoms with van der Waals surface area (Å²) in [6.45, 7) is 1.08. The highest BCUT2D eigenvalue weighted by atomic mass is 14.9. The van der Waals surface area contributed by atoms with Crippen LogP contribution in [-0.2, 0) is 6.42 Å². The second-order valence-electron chi connectivity index (χ2n) is 5.43. The summed E-state index contributed by atoms with van der Waals surface area (Å²) in [6, 6.07) is 21.9. The van der Waals surface area contributed by atoms with Gasteiger partial charge < -0.3 is 5.32 Å². The monoisotopic (exact) mass is 259 g/mol. The molecule has 0 aromatic heterocycles. The molecule has 1 heterocycles. The van der Waals surface area contributed by atoms with E-state index >= 15 is 0 Å². The molecule has 0 atom stereocenters. The Morgan fingerprint density at radius 1 is 0.800 bits per heavy atom. The Hall–Kier alpha value is -2.28. The van der Waals surface area contributed by atoms with Crippen LogP contribution in [-0.4, -0.2) is 6.54 Å². The van der Waals surface area contributed by atoms with Gasteiger partial charge in [-0.15, -0.1) is 0 Å². The molecule has 3 aromatic rings. The summed E-state index contributed by atoms with van der Waals surface area (Å²) in [5, 5.41) is 6.18. The average Bonchev–Trinajstić information content (AvgIpc) is 2.54. The van der Waals surface area contributed by atoms with Gasteiger partial charge in [-0.3, -0.25) is 0 Å². The normalized spacial score (nSPS) is 13.8. The van der Waals surface area contributed by atoms with Gasteiger partial charge in [0.25, 0.3) is 0 Å². The van der Waals surface area contributed by atoms with Crippen LogP contribution in [0.3, 0.4) is 0 Å². The molecule has 0 aliphatic carbocycles. The maximum atomic E-state index is 3.58. The van der Waals surface area contributed by atoms with Crippen molar-refractivity contribution in [2.24, 2.45) is 0 Å². The van der Waals surface area contributed by atoms with Crippen LogP contribution < -0.4 is 5.32 Å². The van der Waals surface area contributed by atoms with Crippen molar-refractivity contribution in [1.82, 2.24) is 0 Å². The summed E-state index contributed by atoms with van der Waals surface area (Å²) in [5.41, 5.74) is 5.40. The molecule has 0 saturated carbocycles. The maximum Gasteiger partial charge on any atom is 0.0452 e. The Morgan fingerprint density at radius 3 is 2.65 bits per heavy atom. The molecule has 1 N–H and O–H groups in total. The van der Waals surface area contributed by atoms with Crippen LogP contribution in [0.25, 0.3) is 21.9 Å². The second-order valence-corrected chi connectivity index (χ2v) is 5.43. The first kappa shape index (κ1) is 11.5. The molecular formula is C19H17N. The number of anilines is 1. The zero-order valence-corrected chi connectivity index (χ0v) is 11.4. The number of hydrogen-bond acceptors (Lipinski definition) is 1. The number of benzene rings is 3. The van der Waals surface area contributed by atoms with Crippen molar-refractivity contribution >= 4 is 16.5 Å². The summed E-state index contributed by atoms with van der Waals surface area (Å²) < 4.78 is 0. The van der Waals surface area contributed by atoms with E-state index in [4.69, 9.17) is 0 Å². The van der Waals surface area contributed by atoms with Gasteiger partial charge in [-0.2, -0.15) is 0 Å². The highest BCUT2D eigenvalue weighted by Crippen LogP contribution is 2.35. The molecule has 0 amide bonds. The van der Waals surface area contributed by atoms with Crippen LogP contribution in [0.5, 0.6) is 0 Å². The van der Waals surface area contributed by atoms with Crippen molar-refractivity contribution in [1.29, 1.82) is 0 Å². The first-order valence-electron chi connectivity index (χ1n) is 7.27. The SMILES string of the molecule is c1cc2c(c(-c3ccc4ccccc4c3)c1)NCCC2. The van der Waals surface area contributed by atoms with E-state index in [0.717, 1.165) is 6.54 Å². The van der Waals surface area contributed by atoms with E-state index in [2.05, 4.69) is 66.0 Å². The van der Waals surface area contributed by atoms with Crippen molar-refractivity contribution in [3.05, 3.63) is 66.2 Å². The number of nitrogens with one attached hydrogen (secondary N) is 1. The van der Waals surface area contributed by atoms with Crippen molar-refractivity contribution in [3.8, 4) is 11.1 Å². The molecule has 1 nitrogen and oxygen atoms in total. The summed E-state index contributed by atoms with van der Waals surface area (Å²) in [4.78, 5) is 0. The molecule has 98 valence electrons. The van der Waals surface area contributed by atoms with E-state index in [1.54, 1.807) is 0 Å². The van der Waals surface area contributed by atoms with Gasteiger partial charge in [0.1, 0.15) is 0 Å². The van der Waals surface area contributed by atoms with Crippen LogP contribution in [0.4, 0.5) is 5.69 Å². The fourth-order valence-electron chi connectivity index (χ4n) is 3.11. The van der Waals surface area contributed by atoms with Gasteiger partial charge in [0.05, 0.1) is 0 Å². The minimum atomic E-state index is 1.08. The van der Waals surface area contributed by atoms with E-state index in [1.807, 2.05) is 0 Å². The third-order valence-corrected chi connectivity index (χ3v) is 4.14. The molecule has 1 aliphatic heterocycles. The maximum absolute atomic E-state index is 3.58. The first-order valence-corrected chi connectivity index (χ1v) is 7.27. The summed E-state index contributed by atoms with van der Waals surface area (Å²) in [5.74, 6) is 0. The summed E-state index contributed by atoms with van der Waals surface area (Å²) in [7, 11) is 0. The Labute approximate surface area is 119 Å². The smallest absolute Gasteiger partial charge is 0.0452 e. The molecule has 1 heteroatoms.